The third-order valence-electron chi connectivity index (χ3n) is 3.68. The summed E-state index contributed by atoms with van der Waals surface area (Å²) in [4.78, 5) is 0. The van der Waals surface area contributed by atoms with Crippen LogP contribution in [-0.2, 0) is 6.42 Å². The minimum atomic E-state index is -0.745. The first kappa shape index (κ1) is 12.5. The smallest absolute Gasteiger partial charge is 0.162 e. The number of hydrogen-bond acceptors (Lipinski definition) is 1. The zero-order valence-electron chi connectivity index (χ0n) is 10.2. The van der Waals surface area contributed by atoms with Gasteiger partial charge in [-0.3, -0.25) is 0 Å². The Balaban J connectivity index is 2.02. The Hall–Kier alpha value is -0.960. The quantitative estimate of drug-likeness (QED) is 0.853. The number of hydrogen-bond donors (Lipinski definition) is 1. The van der Waals surface area contributed by atoms with Crippen molar-refractivity contribution in [1.29, 1.82) is 0 Å². The predicted molar refractivity (Wildman–Crippen MR) is 64.9 cm³/mol. The first-order valence-corrected chi connectivity index (χ1v) is 6.37. The van der Waals surface area contributed by atoms with Crippen molar-refractivity contribution < 1.29 is 8.78 Å². The summed E-state index contributed by atoms with van der Waals surface area (Å²) in [6.45, 7) is 3.18. The maximum absolute atomic E-state index is 13.5. The van der Waals surface area contributed by atoms with Gasteiger partial charge in [0.15, 0.2) is 11.6 Å². The topological polar surface area (TPSA) is 12.0 Å². The van der Waals surface area contributed by atoms with E-state index in [9.17, 15) is 8.78 Å². The van der Waals surface area contributed by atoms with Crippen LogP contribution in [0.1, 0.15) is 31.7 Å². The lowest BCUT2D eigenvalue weighted by Gasteiger charge is -2.30. The van der Waals surface area contributed by atoms with Gasteiger partial charge in [-0.1, -0.05) is 25.5 Å². The zero-order chi connectivity index (χ0) is 12.3. The highest BCUT2D eigenvalue weighted by atomic mass is 19.2. The molecule has 3 heteroatoms. The molecular weight excluding hydrogens is 220 g/mol. The lowest BCUT2D eigenvalue weighted by atomic mass is 9.87. The molecule has 0 radical (unpaired) electrons. The second-order valence-electron chi connectivity index (χ2n) is 4.87. The highest BCUT2D eigenvalue weighted by molar-refractivity contribution is 5.20. The van der Waals surface area contributed by atoms with E-state index < -0.39 is 11.6 Å². The Morgan fingerprint density at radius 3 is 2.94 bits per heavy atom. The Morgan fingerprint density at radius 2 is 2.18 bits per heavy atom. The van der Waals surface area contributed by atoms with E-state index in [1.807, 2.05) is 0 Å². The molecule has 2 unspecified atom stereocenters. The van der Waals surface area contributed by atoms with Gasteiger partial charge in [-0.15, -0.1) is 0 Å². The van der Waals surface area contributed by atoms with Gasteiger partial charge in [0.2, 0.25) is 0 Å². The second-order valence-corrected chi connectivity index (χ2v) is 4.87. The lowest BCUT2D eigenvalue weighted by molar-refractivity contribution is 0.292. The van der Waals surface area contributed by atoms with Crippen LogP contribution in [-0.4, -0.2) is 12.6 Å². The van der Waals surface area contributed by atoms with Crippen molar-refractivity contribution in [2.45, 2.75) is 38.6 Å². The van der Waals surface area contributed by atoms with Crippen molar-refractivity contribution in [2.75, 3.05) is 6.54 Å². The van der Waals surface area contributed by atoms with Crippen molar-refractivity contribution in [2.24, 2.45) is 5.92 Å². The molecule has 1 heterocycles. The molecule has 1 nitrogen and oxygen atoms in total. The van der Waals surface area contributed by atoms with E-state index in [2.05, 4.69) is 12.2 Å². The first-order chi connectivity index (χ1) is 8.20. The average molecular weight is 239 g/mol. The summed E-state index contributed by atoms with van der Waals surface area (Å²) >= 11 is 0. The highest BCUT2D eigenvalue weighted by Gasteiger charge is 2.21. The van der Waals surface area contributed by atoms with Crippen LogP contribution in [0.15, 0.2) is 18.2 Å². The molecule has 1 aliphatic rings. The molecule has 1 aliphatic heterocycles. The first-order valence-electron chi connectivity index (χ1n) is 6.37. The number of nitrogens with one attached hydrogen (secondary N) is 1. The molecular formula is C14H19F2N. The minimum absolute atomic E-state index is 0.282. The van der Waals surface area contributed by atoms with Crippen LogP contribution in [0.2, 0.25) is 0 Å². The molecule has 0 bridgehead atoms. The van der Waals surface area contributed by atoms with Gasteiger partial charge in [0.1, 0.15) is 0 Å². The van der Waals surface area contributed by atoms with Crippen LogP contribution in [0, 0.1) is 17.6 Å². The van der Waals surface area contributed by atoms with E-state index in [0.29, 0.717) is 12.0 Å². The molecule has 0 aliphatic carbocycles. The molecule has 0 saturated carbocycles. The monoisotopic (exact) mass is 239 g/mol. The van der Waals surface area contributed by atoms with E-state index in [1.165, 1.54) is 18.9 Å². The van der Waals surface area contributed by atoms with Crippen molar-refractivity contribution in [1.82, 2.24) is 5.32 Å². The van der Waals surface area contributed by atoms with Crippen LogP contribution in [0.25, 0.3) is 0 Å². The largest absolute Gasteiger partial charge is 0.314 e. The molecule has 1 N–H and O–H groups in total. The fraction of sp³-hybridized carbons (Fsp3) is 0.571. The van der Waals surface area contributed by atoms with Crippen molar-refractivity contribution in [3.8, 4) is 0 Å². The van der Waals surface area contributed by atoms with E-state index in [-0.39, 0.29) is 6.04 Å². The number of piperidine rings is 1. The van der Waals surface area contributed by atoms with Gasteiger partial charge in [0, 0.05) is 6.04 Å². The molecule has 0 aromatic heterocycles. The summed E-state index contributed by atoms with van der Waals surface area (Å²) in [6.07, 6.45) is 4.01. The van der Waals surface area contributed by atoms with E-state index in [1.54, 1.807) is 12.1 Å². The molecule has 0 amide bonds. The van der Waals surface area contributed by atoms with Crippen molar-refractivity contribution in [3.05, 3.63) is 35.4 Å². The fourth-order valence-corrected chi connectivity index (χ4v) is 2.59. The number of rotatable bonds is 3. The van der Waals surface area contributed by atoms with Gasteiger partial charge in [-0.2, -0.15) is 0 Å². The third-order valence-corrected chi connectivity index (χ3v) is 3.68. The molecule has 0 spiro atoms. The molecule has 2 rings (SSSR count). The lowest BCUT2D eigenvalue weighted by Crippen LogP contribution is -2.39. The maximum atomic E-state index is 13.5. The molecule has 2 atom stereocenters. The van der Waals surface area contributed by atoms with Crippen LogP contribution < -0.4 is 5.32 Å². The molecule has 1 aromatic carbocycles. The SMILES string of the molecule is CCC1CCNC(Cc2cccc(F)c2F)C1. The number of benzene rings is 1. The maximum Gasteiger partial charge on any atom is 0.162 e. The predicted octanol–water partition coefficient (Wildman–Crippen LogP) is 3.29. The molecule has 17 heavy (non-hydrogen) atoms. The Morgan fingerprint density at radius 1 is 1.35 bits per heavy atom. The van der Waals surface area contributed by atoms with Crippen molar-refractivity contribution >= 4 is 0 Å². The summed E-state index contributed by atoms with van der Waals surface area (Å²) in [5.74, 6) is -0.712. The minimum Gasteiger partial charge on any atom is -0.314 e. The van der Waals surface area contributed by atoms with E-state index >= 15 is 0 Å². The Kier molecular flexibility index (Phi) is 4.11. The highest BCUT2D eigenvalue weighted by Crippen LogP contribution is 2.22. The van der Waals surface area contributed by atoms with E-state index in [4.69, 9.17) is 0 Å². The second kappa shape index (κ2) is 5.58. The van der Waals surface area contributed by atoms with Gasteiger partial charge < -0.3 is 5.32 Å². The summed E-state index contributed by atoms with van der Waals surface area (Å²) < 4.78 is 26.6. The fourth-order valence-electron chi connectivity index (χ4n) is 2.59. The standard InChI is InChI=1S/C14H19F2N/c1-2-10-6-7-17-12(8-10)9-11-4-3-5-13(15)14(11)16/h3-5,10,12,17H,2,6-9H2,1H3. The number of halogens is 2. The van der Waals surface area contributed by atoms with Gasteiger partial charge in [-0.05, 0) is 43.4 Å². The van der Waals surface area contributed by atoms with Gasteiger partial charge in [0.05, 0.1) is 0 Å². The van der Waals surface area contributed by atoms with Gasteiger partial charge >= 0.3 is 0 Å². The van der Waals surface area contributed by atoms with Crippen LogP contribution in [0.4, 0.5) is 8.78 Å². The summed E-state index contributed by atoms with van der Waals surface area (Å²) in [6, 6.07) is 4.70. The van der Waals surface area contributed by atoms with Crippen LogP contribution in [0.5, 0.6) is 0 Å². The van der Waals surface area contributed by atoms with E-state index in [0.717, 1.165) is 18.9 Å². The molecule has 1 saturated heterocycles. The average Bonchev–Trinajstić information content (AvgIpc) is 2.35. The Bertz CT molecular complexity index is 378. The normalized spacial score (nSPS) is 24.9. The third kappa shape index (κ3) is 3.03. The zero-order valence-corrected chi connectivity index (χ0v) is 10.2. The van der Waals surface area contributed by atoms with Crippen molar-refractivity contribution in [3.63, 3.8) is 0 Å². The van der Waals surface area contributed by atoms with Crippen LogP contribution >= 0.6 is 0 Å². The molecule has 1 fully saturated rings. The Labute approximate surface area is 101 Å². The molecule has 1 aromatic rings. The van der Waals surface area contributed by atoms with Gasteiger partial charge in [-0.25, -0.2) is 8.78 Å². The van der Waals surface area contributed by atoms with Crippen LogP contribution in [0.3, 0.4) is 0 Å². The van der Waals surface area contributed by atoms with Gasteiger partial charge in [0.25, 0.3) is 0 Å². The molecule has 94 valence electrons. The summed E-state index contributed by atoms with van der Waals surface area (Å²) in [7, 11) is 0. The summed E-state index contributed by atoms with van der Waals surface area (Å²) in [5.41, 5.74) is 0.485. The summed E-state index contributed by atoms with van der Waals surface area (Å²) in [5, 5.41) is 3.39.